The van der Waals surface area contributed by atoms with Crippen LogP contribution in [0.15, 0.2) is 0 Å². The molecule has 0 bridgehead atoms. The van der Waals surface area contributed by atoms with E-state index in [1.165, 1.54) is 24.4 Å². The Balaban J connectivity index is 2.17. The lowest BCUT2D eigenvalue weighted by Crippen LogP contribution is -2.35. The predicted octanol–water partition coefficient (Wildman–Crippen LogP) is 2.32. The highest BCUT2D eigenvalue weighted by Gasteiger charge is 2.29. The summed E-state index contributed by atoms with van der Waals surface area (Å²) in [7, 11) is 1.61. The molecule has 1 saturated carbocycles. The Hall–Kier alpha value is -1.30. The van der Waals surface area contributed by atoms with Gasteiger partial charge in [-0.1, -0.05) is 26.7 Å². The first kappa shape index (κ1) is 14.1. The summed E-state index contributed by atoms with van der Waals surface area (Å²) in [5.41, 5.74) is 6.27. The van der Waals surface area contributed by atoms with Crippen LogP contribution in [0.25, 0.3) is 0 Å². The van der Waals surface area contributed by atoms with Crippen LogP contribution in [0.5, 0.6) is 0 Å². The maximum Gasteiger partial charge on any atom is 0.257 e. The number of amides is 1. The van der Waals surface area contributed by atoms with Gasteiger partial charge in [0.15, 0.2) is 5.82 Å². The smallest absolute Gasteiger partial charge is 0.257 e. The zero-order chi connectivity index (χ0) is 14.0. The summed E-state index contributed by atoms with van der Waals surface area (Å²) in [5.74, 6) is 1.43. The quantitative estimate of drug-likeness (QED) is 0.795. The number of aromatic nitrogens is 1. The molecule has 5 nitrogen and oxygen atoms in total. The van der Waals surface area contributed by atoms with Gasteiger partial charge < -0.3 is 16.4 Å². The molecule has 1 aromatic rings. The van der Waals surface area contributed by atoms with Gasteiger partial charge in [-0.05, 0) is 29.8 Å². The summed E-state index contributed by atoms with van der Waals surface area (Å²) < 4.78 is 4.09. The molecule has 0 saturated heterocycles. The first-order chi connectivity index (χ1) is 9.04. The van der Waals surface area contributed by atoms with Crippen molar-refractivity contribution in [3.63, 3.8) is 0 Å². The molecule has 19 heavy (non-hydrogen) atoms. The molecule has 0 radical (unpaired) electrons. The minimum Gasteiger partial charge on any atom is -0.382 e. The van der Waals surface area contributed by atoms with Crippen molar-refractivity contribution in [2.75, 3.05) is 18.1 Å². The SMILES string of the molecule is CNC(=O)c1c(N)nsc1NC1CCCC(C)C1C. The molecular formula is C13H22N4OS. The summed E-state index contributed by atoms with van der Waals surface area (Å²) in [6.45, 7) is 4.56. The molecule has 1 amide bonds. The van der Waals surface area contributed by atoms with Crippen molar-refractivity contribution in [3.05, 3.63) is 5.56 Å². The fourth-order valence-corrected chi connectivity index (χ4v) is 3.47. The Morgan fingerprint density at radius 3 is 2.84 bits per heavy atom. The average Bonchev–Trinajstić information content (AvgIpc) is 2.75. The van der Waals surface area contributed by atoms with Crippen LogP contribution in [0.2, 0.25) is 0 Å². The maximum atomic E-state index is 11.8. The number of nitrogen functional groups attached to an aromatic ring is 1. The number of hydrogen-bond donors (Lipinski definition) is 3. The van der Waals surface area contributed by atoms with E-state index in [0.717, 1.165) is 11.4 Å². The van der Waals surface area contributed by atoms with E-state index in [1.807, 2.05) is 0 Å². The van der Waals surface area contributed by atoms with Gasteiger partial charge in [0.1, 0.15) is 10.6 Å². The number of anilines is 2. The highest BCUT2D eigenvalue weighted by Crippen LogP contribution is 2.34. The summed E-state index contributed by atoms with van der Waals surface area (Å²) in [5, 5.41) is 6.89. The summed E-state index contributed by atoms with van der Waals surface area (Å²) >= 11 is 1.27. The van der Waals surface area contributed by atoms with Gasteiger partial charge in [0.2, 0.25) is 0 Å². The largest absolute Gasteiger partial charge is 0.382 e. The van der Waals surface area contributed by atoms with Crippen LogP contribution in [0, 0.1) is 11.8 Å². The van der Waals surface area contributed by atoms with Crippen LogP contribution >= 0.6 is 11.5 Å². The van der Waals surface area contributed by atoms with E-state index < -0.39 is 0 Å². The number of nitrogens with two attached hydrogens (primary N) is 1. The van der Waals surface area contributed by atoms with Gasteiger partial charge in [-0.25, -0.2) is 0 Å². The Morgan fingerprint density at radius 1 is 1.42 bits per heavy atom. The van der Waals surface area contributed by atoms with Crippen molar-refractivity contribution in [3.8, 4) is 0 Å². The average molecular weight is 282 g/mol. The van der Waals surface area contributed by atoms with Crippen molar-refractivity contribution in [2.24, 2.45) is 11.8 Å². The molecule has 1 fully saturated rings. The van der Waals surface area contributed by atoms with Gasteiger partial charge in [0, 0.05) is 13.1 Å². The van der Waals surface area contributed by atoms with Crippen molar-refractivity contribution >= 4 is 28.3 Å². The maximum absolute atomic E-state index is 11.8. The molecular weight excluding hydrogens is 260 g/mol. The van der Waals surface area contributed by atoms with E-state index in [9.17, 15) is 4.79 Å². The molecule has 0 spiro atoms. The standard InChI is InChI=1S/C13H22N4OS/c1-7-5-4-6-9(8(7)2)16-13-10(12(18)15-3)11(14)17-19-13/h7-9,16H,4-6H2,1-3H3,(H2,14,17)(H,15,18). The number of hydrogen-bond acceptors (Lipinski definition) is 5. The lowest BCUT2D eigenvalue weighted by Gasteiger charge is -2.34. The third-order valence-corrected chi connectivity index (χ3v) is 4.99. The zero-order valence-electron chi connectivity index (χ0n) is 11.7. The molecule has 6 heteroatoms. The first-order valence-electron chi connectivity index (χ1n) is 6.78. The van der Waals surface area contributed by atoms with Crippen LogP contribution in [-0.4, -0.2) is 23.4 Å². The van der Waals surface area contributed by atoms with Crippen LogP contribution in [0.4, 0.5) is 10.8 Å². The van der Waals surface area contributed by atoms with E-state index in [1.54, 1.807) is 7.05 Å². The molecule has 4 N–H and O–H groups in total. The van der Waals surface area contributed by atoms with E-state index in [-0.39, 0.29) is 5.91 Å². The normalized spacial score (nSPS) is 27.0. The minimum absolute atomic E-state index is 0.176. The summed E-state index contributed by atoms with van der Waals surface area (Å²) in [4.78, 5) is 11.8. The minimum atomic E-state index is -0.176. The van der Waals surface area contributed by atoms with E-state index in [2.05, 4.69) is 28.9 Å². The van der Waals surface area contributed by atoms with Gasteiger partial charge in [-0.15, -0.1) is 0 Å². The number of nitrogens with zero attached hydrogens (tertiary/aromatic N) is 1. The second-order valence-electron chi connectivity index (χ2n) is 5.37. The molecule has 3 unspecified atom stereocenters. The topological polar surface area (TPSA) is 80.0 Å². The second-order valence-corrected chi connectivity index (χ2v) is 6.14. The Kier molecular flexibility index (Phi) is 4.29. The van der Waals surface area contributed by atoms with Gasteiger partial charge in [-0.2, -0.15) is 4.37 Å². The van der Waals surface area contributed by atoms with Crippen LogP contribution in [0.3, 0.4) is 0 Å². The molecule has 1 aliphatic carbocycles. The summed E-state index contributed by atoms with van der Waals surface area (Å²) in [6, 6.07) is 0.395. The summed E-state index contributed by atoms with van der Waals surface area (Å²) in [6.07, 6.45) is 3.65. The van der Waals surface area contributed by atoms with Crippen LogP contribution in [0.1, 0.15) is 43.5 Å². The highest BCUT2D eigenvalue weighted by atomic mass is 32.1. The molecule has 1 aliphatic rings. The monoisotopic (exact) mass is 282 g/mol. The van der Waals surface area contributed by atoms with Gasteiger partial charge >= 0.3 is 0 Å². The van der Waals surface area contributed by atoms with Gasteiger partial charge in [-0.3, -0.25) is 4.79 Å². The lowest BCUT2D eigenvalue weighted by molar-refractivity contribution is 0.0965. The van der Waals surface area contributed by atoms with E-state index in [4.69, 9.17) is 5.73 Å². The zero-order valence-corrected chi connectivity index (χ0v) is 12.5. The molecule has 2 rings (SSSR count). The van der Waals surface area contributed by atoms with Gasteiger partial charge in [0.25, 0.3) is 5.91 Å². The fourth-order valence-electron chi connectivity index (χ4n) is 2.70. The Labute approximate surface area is 118 Å². The number of carbonyl (C=O) groups excluding carboxylic acids is 1. The number of rotatable bonds is 3. The van der Waals surface area contributed by atoms with Crippen molar-refractivity contribution in [1.29, 1.82) is 0 Å². The van der Waals surface area contributed by atoms with Crippen molar-refractivity contribution in [1.82, 2.24) is 9.69 Å². The highest BCUT2D eigenvalue weighted by molar-refractivity contribution is 7.11. The van der Waals surface area contributed by atoms with Crippen molar-refractivity contribution < 1.29 is 4.79 Å². The lowest BCUT2D eigenvalue weighted by atomic mass is 9.78. The predicted molar refractivity (Wildman–Crippen MR) is 79.5 cm³/mol. The number of carbonyl (C=O) groups is 1. The fraction of sp³-hybridized carbons (Fsp3) is 0.692. The molecule has 106 valence electrons. The molecule has 0 aromatic carbocycles. The molecule has 1 heterocycles. The van der Waals surface area contributed by atoms with E-state index >= 15 is 0 Å². The third-order valence-electron chi connectivity index (χ3n) is 4.20. The molecule has 3 atom stereocenters. The van der Waals surface area contributed by atoms with Crippen molar-refractivity contribution in [2.45, 2.75) is 39.2 Å². The molecule has 0 aliphatic heterocycles. The number of nitrogens with one attached hydrogen (secondary N) is 2. The van der Waals surface area contributed by atoms with Crippen LogP contribution in [-0.2, 0) is 0 Å². The van der Waals surface area contributed by atoms with Gasteiger partial charge in [0.05, 0.1) is 0 Å². The molecule has 1 aromatic heterocycles. The van der Waals surface area contributed by atoms with E-state index in [0.29, 0.717) is 29.3 Å². The Bertz CT molecular complexity index is 459. The van der Waals surface area contributed by atoms with Crippen LogP contribution < -0.4 is 16.4 Å². The first-order valence-corrected chi connectivity index (χ1v) is 7.55. The second kappa shape index (κ2) is 5.77. The third kappa shape index (κ3) is 2.83. The Morgan fingerprint density at radius 2 is 2.16 bits per heavy atom.